The Kier molecular flexibility index (Phi) is 2.45. The Morgan fingerprint density at radius 1 is 1.30 bits per heavy atom. The summed E-state index contributed by atoms with van der Waals surface area (Å²) in [6, 6.07) is 0. The van der Waals surface area contributed by atoms with E-state index in [0.29, 0.717) is 12.8 Å². The molecule has 104 valence electrons. The summed E-state index contributed by atoms with van der Waals surface area (Å²) >= 11 is 0. The fourth-order valence-corrected chi connectivity index (χ4v) is 1.91. The van der Waals surface area contributed by atoms with E-state index >= 15 is 0 Å². The first-order chi connectivity index (χ1) is 9.34. The molecule has 1 aliphatic rings. The van der Waals surface area contributed by atoms with Crippen LogP contribution in [-0.2, 0) is 14.9 Å². The first-order valence-corrected chi connectivity index (χ1v) is 6.32. The van der Waals surface area contributed by atoms with E-state index in [4.69, 9.17) is 20.0 Å². The molecule has 20 heavy (non-hydrogen) atoms. The molecule has 1 aliphatic carbocycles. The van der Waals surface area contributed by atoms with Crippen molar-refractivity contribution in [2.75, 3.05) is 0 Å². The van der Waals surface area contributed by atoms with Crippen molar-refractivity contribution in [3.05, 3.63) is 11.8 Å². The molecule has 0 bridgehead atoms. The first-order valence-electron chi connectivity index (χ1n) is 6.32. The largest absolute Gasteiger partial charge is 0.459 e. The average molecular weight is 274 g/mol. The highest BCUT2D eigenvalue weighted by atomic mass is 16.6. The summed E-state index contributed by atoms with van der Waals surface area (Å²) in [4.78, 5) is 20.4. The van der Waals surface area contributed by atoms with Gasteiger partial charge in [-0.25, -0.2) is 0 Å². The van der Waals surface area contributed by atoms with Crippen molar-refractivity contribution >= 4 is 17.4 Å². The Balaban J connectivity index is 1.92. The summed E-state index contributed by atoms with van der Waals surface area (Å²) in [5.41, 5.74) is -0.925. The van der Waals surface area contributed by atoms with Crippen LogP contribution in [0.2, 0.25) is 0 Å². The Morgan fingerprint density at radius 2 is 1.95 bits per heavy atom. The van der Waals surface area contributed by atoms with Crippen LogP contribution in [0.15, 0.2) is 8.83 Å². The average Bonchev–Trinajstić information content (AvgIpc) is 2.91. The zero-order valence-electron chi connectivity index (χ0n) is 11.5. The molecule has 6 heteroatoms. The second-order valence-electron chi connectivity index (χ2n) is 5.88. The molecule has 0 radical (unpaired) electrons. The number of fused-ring (bicyclic) bond motifs is 1. The van der Waals surface area contributed by atoms with Crippen LogP contribution in [-0.4, -0.2) is 21.5 Å². The van der Waals surface area contributed by atoms with Crippen molar-refractivity contribution in [3.8, 4) is 12.3 Å². The van der Waals surface area contributed by atoms with Crippen molar-refractivity contribution in [1.82, 2.24) is 9.97 Å². The highest BCUT2D eigenvalue weighted by Crippen LogP contribution is 2.50. The van der Waals surface area contributed by atoms with Crippen molar-refractivity contribution in [1.29, 1.82) is 0 Å². The Bertz CT molecular complexity index is 691. The van der Waals surface area contributed by atoms with Gasteiger partial charge in [0, 0.05) is 0 Å². The van der Waals surface area contributed by atoms with Crippen molar-refractivity contribution in [2.24, 2.45) is 0 Å². The quantitative estimate of drug-likeness (QED) is 0.617. The van der Waals surface area contributed by atoms with Gasteiger partial charge in [-0.05, 0) is 39.5 Å². The van der Waals surface area contributed by atoms with Crippen molar-refractivity contribution in [2.45, 2.75) is 44.6 Å². The molecule has 0 aromatic carbocycles. The van der Waals surface area contributed by atoms with Gasteiger partial charge in [-0.3, -0.25) is 4.79 Å². The Morgan fingerprint density at radius 3 is 2.45 bits per heavy atom. The van der Waals surface area contributed by atoms with Gasteiger partial charge in [-0.2, -0.15) is 9.97 Å². The van der Waals surface area contributed by atoms with Gasteiger partial charge in [0.1, 0.15) is 11.0 Å². The minimum atomic E-state index is -0.799. The number of hydrogen-bond donors (Lipinski definition) is 0. The van der Waals surface area contributed by atoms with E-state index in [1.807, 2.05) is 20.8 Å². The second kappa shape index (κ2) is 3.85. The van der Waals surface area contributed by atoms with E-state index in [1.54, 1.807) is 0 Å². The lowest BCUT2D eigenvalue weighted by atomic mass is 10.1. The third-order valence-corrected chi connectivity index (χ3v) is 3.05. The molecule has 1 fully saturated rings. The number of rotatable bonds is 2. The summed E-state index contributed by atoms with van der Waals surface area (Å²) in [6.07, 6.45) is 6.47. The number of hydrogen-bond acceptors (Lipinski definition) is 6. The molecular weight excluding hydrogens is 260 g/mol. The highest BCUT2D eigenvalue weighted by molar-refractivity contribution is 5.86. The topological polar surface area (TPSA) is 78.4 Å². The van der Waals surface area contributed by atoms with Crippen LogP contribution in [0.4, 0.5) is 0 Å². The number of aromatic nitrogens is 2. The zero-order valence-corrected chi connectivity index (χ0v) is 11.5. The standard InChI is InChI=1S/C14H14N2O4/c1-5-8-15-9-10(18-8)16-11(19-9)14(6-7-14)12(17)20-13(2,3)4/h1H,6-7H2,2-4H3. The van der Waals surface area contributed by atoms with Gasteiger partial charge in [-0.1, -0.05) is 0 Å². The second-order valence-corrected chi connectivity index (χ2v) is 5.88. The summed E-state index contributed by atoms with van der Waals surface area (Å²) in [7, 11) is 0. The van der Waals surface area contributed by atoms with Gasteiger partial charge in [0.25, 0.3) is 17.3 Å². The lowest BCUT2D eigenvalue weighted by molar-refractivity contribution is -0.158. The third kappa shape index (κ3) is 1.95. The summed E-state index contributed by atoms with van der Waals surface area (Å²) in [5.74, 6) is 2.33. The lowest BCUT2D eigenvalue weighted by Crippen LogP contribution is -2.32. The van der Waals surface area contributed by atoms with Gasteiger partial charge in [-0.15, -0.1) is 6.42 Å². The predicted molar refractivity (Wildman–Crippen MR) is 68.8 cm³/mol. The lowest BCUT2D eigenvalue weighted by Gasteiger charge is -2.22. The number of terminal acetylenes is 1. The van der Waals surface area contributed by atoms with Crippen molar-refractivity contribution in [3.63, 3.8) is 0 Å². The molecule has 0 amide bonds. The fourth-order valence-electron chi connectivity index (χ4n) is 1.91. The van der Waals surface area contributed by atoms with E-state index < -0.39 is 11.0 Å². The maximum absolute atomic E-state index is 12.3. The molecule has 0 unspecified atom stereocenters. The molecule has 2 aromatic heterocycles. The SMILES string of the molecule is C#Cc1nc2oc(C3(C(=O)OC(C)(C)C)CC3)nc2o1. The van der Waals surface area contributed by atoms with E-state index in [0.717, 1.165) is 0 Å². The van der Waals surface area contributed by atoms with Gasteiger partial charge in [0.15, 0.2) is 0 Å². The first kappa shape index (κ1) is 12.7. The van der Waals surface area contributed by atoms with Crippen LogP contribution >= 0.6 is 0 Å². The van der Waals surface area contributed by atoms with Crippen LogP contribution in [0.25, 0.3) is 11.4 Å². The molecule has 2 aromatic rings. The van der Waals surface area contributed by atoms with Crippen LogP contribution in [0.3, 0.4) is 0 Å². The van der Waals surface area contributed by atoms with E-state index in [2.05, 4.69) is 15.9 Å². The highest BCUT2D eigenvalue weighted by Gasteiger charge is 2.58. The smallest absolute Gasteiger partial charge is 0.322 e. The van der Waals surface area contributed by atoms with Crippen LogP contribution < -0.4 is 0 Å². The summed E-state index contributed by atoms with van der Waals surface area (Å²) < 4.78 is 16.1. The van der Waals surface area contributed by atoms with Gasteiger partial charge in [0.2, 0.25) is 5.89 Å². The van der Waals surface area contributed by atoms with Crippen LogP contribution in [0.1, 0.15) is 45.4 Å². The molecule has 0 saturated heterocycles. The van der Waals surface area contributed by atoms with Gasteiger partial charge >= 0.3 is 5.97 Å². The number of nitrogens with zero attached hydrogens (tertiary/aromatic N) is 2. The number of ether oxygens (including phenoxy) is 1. The van der Waals surface area contributed by atoms with Gasteiger partial charge in [0.05, 0.1) is 0 Å². The summed E-state index contributed by atoms with van der Waals surface area (Å²) in [6.45, 7) is 5.47. The normalized spacial score (nSPS) is 16.9. The Hall–Kier alpha value is -2.29. The minimum absolute atomic E-state index is 0.111. The molecule has 0 N–H and O–H groups in total. The van der Waals surface area contributed by atoms with E-state index in [1.165, 1.54) is 0 Å². The number of esters is 1. The number of carbonyl (C=O) groups is 1. The van der Waals surface area contributed by atoms with Crippen LogP contribution in [0, 0.1) is 12.3 Å². The molecule has 0 spiro atoms. The zero-order chi connectivity index (χ0) is 14.5. The predicted octanol–water partition coefficient (Wildman–Crippen LogP) is 2.17. The van der Waals surface area contributed by atoms with Crippen molar-refractivity contribution < 1.29 is 18.4 Å². The maximum Gasteiger partial charge on any atom is 0.322 e. The Labute approximate surface area is 115 Å². The van der Waals surface area contributed by atoms with E-state index in [-0.39, 0.29) is 29.2 Å². The molecule has 2 heterocycles. The monoisotopic (exact) mass is 274 g/mol. The molecule has 6 nitrogen and oxygen atoms in total. The number of oxazole rings is 2. The molecular formula is C14H14N2O4. The maximum atomic E-state index is 12.3. The van der Waals surface area contributed by atoms with Crippen LogP contribution in [0.5, 0.6) is 0 Å². The minimum Gasteiger partial charge on any atom is -0.459 e. The molecule has 0 aliphatic heterocycles. The van der Waals surface area contributed by atoms with Gasteiger partial charge < -0.3 is 13.6 Å². The molecule has 0 atom stereocenters. The number of carbonyl (C=O) groups excluding carboxylic acids is 1. The summed E-state index contributed by atoms with van der Waals surface area (Å²) in [5, 5.41) is 0. The molecule has 3 rings (SSSR count). The fraction of sp³-hybridized carbons (Fsp3) is 0.500. The third-order valence-electron chi connectivity index (χ3n) is 3.05. The van der Waals surface area contributed by atoms with E-state index in [9.17, 15) is 4.79 Å². The molecule has 1 saturated carbocycles.